The Morgan fingerprint density at radius 2 is 1.85 bits per heavy atom. The van der Waals surface area contributed by atoms with Gasteiger partial charge in [-0.25, -0.2) is 0 Å². The molecule has 0 fully saturated rings. The molecule has 0 saturated carbocycles. The van der Waals surface area contributed by atoms with E-state index in [0.717, 1.165) is 16.6 Å². The van der Waals surface area contributed by atoms with Gasteiger partial charge in [0.1, 0.15) is 0 Å². The van der Waals surface area contributed by atoms with Crippen LogP contribution in [-0.4, -0.2) is 9.78 Å². The smallest absolute Gasteiger partial charge is 0.0659 e. The van der Waals surface area contributed by atoms with E-state index in [1.165, 1.54) is 14.7 Å². The molecule has 3 rings (SSSR count). The van der Waals surface area contributed by atoms with Gasteiger partial charge in [0.15, 0.2) is 0 Å². The van der Waals surface area contributed by atoms with Crippen LogP contribution in [0.5, 0.6) is 0 Å². The molecule has 0 amide bonds. The lowest BCUT2D eigenvalue weighted by Gasteiger charge is -2.02. The lowest BCUT2D eigenvalue weighted by Crippen LogP contribution is -1.99. The van der Waals surface area contributed by atoms with Crippen LogP contribution in [0.2, 0.25) is 0 Å². The highest BCUT2D eigenvalue weighted by molar-refractivity contribution is 14.1. The molecule has 0 N–H and O–H groups in total. The van der Waals surface area contributed by atoms with Crippen molar-refractivity contribution < 1.29 is 0 Å². The Morgan fingerprint density at radius 1 is 1.05 bits per heavy atom. The standard InChI is InChI=1S/C16H12BrIN2/c17-15-6-4-12(5-7-15)10-20-11-14(9-19-20)13-2-1-3-16(18)8-13/h1-9,11H,10H2. The van der Waals surface area contributed by atoms with Crippen molar-refractivity contribution in [2.75, 3.05) is 0 Å². The average Bonchev–Trinajstić information content (AvgIpc) is 2.90. The minimum absolute atomic E-state index is 0.789. The van der Waals surface area contributed by atoms with Gasteiger partial charge in [-0.1, -0.05) is 40.2 Å². The predicted octanol–water partition coefficient (Wildman–Crippen LogP) is 4.97. The van der Waals surface area contributed by atoms with Crippen molar-refractivity contribution in [1.29, 1.82) is 0 Å². The first-order valence-electron chi connectivity index (χ1n) is 6.23. The quantitative estimate of drug-likeness (QED) is 0.528. The molecular formula is C16H12BrIN2. The van der Waals surface area contributed by atoms with Crippen molar-refractivity contribution in [3.8, 4) is 11.1 Å². The van der Waals surface area contributed by atoms with Gasteiger partial charge >= 0.3 is 0 Å². The van der Waals surface area contributed by atoms with Crippen molar-refractivity contribution >= 4 is 38.5 Å². The molecule has 0 saturated heterocycles. The maximum Gasteiger partial charge on any atom is 0.0659 e. The summed E-state index contributed by atoms with van der Waals surface area (Å²) in [5, 5.41) is 4.44. The third kappa shape index (κ3) is 3.30. The Labute approximate surface area is 140 Å². The van der Waals surface area contributed by atoms with Gasteiger partial charge in [-0.15, -0.1) is 0 Å². The van der Waals surface area contributed by atoms with Crippen LogP contribution in [0.15, 0.2) is 65.4 Å². The van der Waals surface area contributed by atoms with Crippen LogP contribution >= 0.6 is 38.5 Å². The largest absolute Gasteiger partial charge is 0.268 e. The zero-order chi connectivity index (χ0) is 13.9. The van der Waals surface area contributed by atoms with Crippen LogP contribution in [0.25, 0.3) is 11.1 Å². The van der Waals surface area contributed by atoms with Crippen molar-refractivity contribution in [2.45, 2.75) is 6.54 Å². The second kappa shape index (κ2) is 6.10. The van der Waals surface area contributed by atoms with Crippen molar-refractivity contribution in [3.05, 3.63) is 74.5 Å². The first kappa shape index (κ1) is 13.8. The summed E-state index contributed by atoms with van der Waals surface area (Å²) < 4.78 is 4.31. The molecule has 0 aliphatic heterocycles. The molecule has 0 unspecified atom stereocenters. The predicted molar refractivity (Wildman–Crippen MR) is 93.6 cm³/mol. The Balaban J connectivity index is 1.82. The van der Waals surface area contributed by atoms with Crippen molar-refractivity contribution in [1.82, 2.24) is 9.78 Å². The summed E-state index contributed by atoms with van der Waals surface area (Å²) in [6.07, 6.45) is 4.01. The van der Waals surface area contributed by atoms with Crippen LogP contribution in [0.4, 0.5) is 0 Å². The summed E-state index contributed by atoms with van der Waals surface area (Å²) in [6, 6.07) is 16.8. The number of rotatable bonds is 3. The Morgan fingerprint density at radius 3 is 2.60 bits per heavy atom. The molecule has 3 aromatic rings. The molecule has 4 heteroatoms. The summed E-state index contributed by atoms with van der Waals surface area (Å²) >= 11 is 5.78. The van der Waals surface area contributed by atoms with E-state index in [2.05, 4.69) is 98.3 Å². The van der Waals surface area contributed by atoms with Gasteiger partial charge in [0.25, 0.3) is 0 Å². The number of hydrogen-bond acceptors (Lipinski definition) is 1. The molecule has 0 atom stereocenters. The minimum Gasteiger partial charge on any atom is -0.268 e. The highest BCUT2D eigenvalue weighted by atomic mass is 127. The van der Waals surface area contributed by atoms with Crippen LogP contribution in [0.3, 0.4) is 0 Å². The maximum atomic E-state index is 4.44. The molecule has 1 heterocycles. The summed E-state index contributed by atoms with van der Waals surface area (Å²) in [4.78, 5) is 0. The molecule has 2 aromatic carbocycles. The van der Waals surface area contributed by atoms with E-state index in [4.69, 9.17) is 0 Å². The number of aromatic nitrogens is 2. The Bertz CT molecular complexity index is 719. The fourth-order valence-corrected chi connectivity index (χ4v) is 2.85. The summed E-state index contributed by atoms with van der Waals surface area (Å²) in [6.45, 7) is 0.789. The Kier molecular flexibility index (Phi) is 4.21. The van der Waals surface area contributed by atoms with Gasteiger partial charge in [0, 0.05) is 19.8 Å². The van der Waals surface area contributed by atoms with Gasteiger partial charge in [0.2, 0.25) is 0 Å². The van der Waals surface area contributed by atoms with E-state index in [-0.39, 0.29) is 0 Å². The van der Waals surface area contributed by atoms with Gasteiger partial charge in [-0.05, 0) is 58.0 Å². The third-order valence-corrected chi connectivity index (χ3v) is 4.25. The van der Waals surface area contributed by atoms with E-state index in [1.54, 1.807) is 0 Å². The number of benzene rings is 2. The molecule has 0 aliphatic rings. The van der Waals surface area contributed by atoms with Gasteiger partial charge in [0.05, 0.1) is 12.7 Å². The number of halogens is 2. The number of hydrogen-bond donors (Lipinski definition) is 0. The maximum absolute atomic E-state index is 4.44. The lowest BCUT2D eigenvalue weighted by atomic mass is 10.1. The molecule has 0 bridgehead atoms. The molecule has 0 spiro atoms. The van der Waals surface area contributed by atoms with Gasteiger partial charge in [-0.3, -0.25) is 4.68 Å². The minimum atomic E-state index is 0.789. The van der Waals surface area contributed by atoms with E-state index in [9.17, 15) is 0 Å². The monoisotopic (exact) mass is 438 g/mol. The summed E-state index contributed by atoms with van der Waals surface area (Å²) in [7, 11) is 0. The zero-order valence-electron chi connectivity index (χ0n) is 10.6. The second-order valence-electron chi connectivity index (χ2n) is 4.56. The normalized spacial score (nSPS) is 10.7. The molecular weight excluding hydrogens is 427 g/mol. The topological polar surface area (TPSA) is 17.8 Å². The third-order valence-electron chi connectivity index (χ3n) is 3.05. The fourth-order valence-electron chi connectivity index (χ4n) is 2.04. The van der Waals surface area contributed by atoms with E-state index >= 15 is 0 Å². The summed E-state index contributed by atoms with van der Waals surface area (Å²) in [5.41, 5.74) is 3.60. The van der Waals surface area contributed by atoms with Crippen LogP contribution in [0.1, 0.15) is 5.56 Å². The first-order valence-corrected chi connectivity index (χ1v) is 8.11. The molecule has 0 aliphatic carbocycles. The fraction of sp³-hybridized carbons (Fsp3) is 0.0625. The number of nitrogens with zero attached hydrogens (tertiary/aromatic N) is 2. The SMILES string of the molecule is Brc1ccc(Cn2cc(-c3cccc(I)c3)cn2)cc1. The average molecular weight is 439 g/mol. The summed E-state index contributed by atoms with van der Waals surface area (Å²) in [5.74, 6) is 0. The zero-order valence-corrected chi connectivity index (χ0v) is 14.4. The second-order valence-corrected chi connectivity index (χ2v) is 6.72. The van der Waals surface area contributed by atoms with Crippen LogP contribution < -0.4 is 0 Å². The highest BCUT2D eigenvalue weighted by Gasteiger charge is 2.03. The first-order chi connectivity index (χ1) is 9.70. The lowest BCUT2D eigenvalue weighted by molar-refractivity contribution is 0.687. The van der Waals surface area contributed by atoms with E-state index in [1.807, 2.05) is 10.9 Å². The molecule has 20 heavy (non-hydrogen) atoms. The van der Waals surface area contributed by atoms with Crippen molar-refractivity contribution in [3.63, 3.8) is 0 Å². The van der Waals surface area contributed by atoms with E-state index in [0.29, 0.717) is 0 Å². The van der Waals surface area contributed by atoms with Gasteiger partial charge in [-0.2, -0.15) is 5.10 Å². The molecule has 0 radical (unpaired) electrons. The molecule has 2 nitrogen and oxygen atoms in total. The van der Waals surface area contributed by atoms with E-state index < -0.39 is 0 Å². The molecule has 1 aromatic heterocycles. The highest BCUT2D eigenvalue weighted by Crippen LogP contribution is 2.21. The van der Waals surface area contributed by atoms with Crippen molar-refractivity contribution in [2.24, 2.45) is 0 Å². The van der Waals surface area contributed by atoms with Crippen LogP contribution in [-0.2, 0) is 6.54 Å². The molecule has 100 valence electrons. The van der Waals surface area contributed by atoms with Crippen LogP contribution in [0, 0.1) is 3.57 Å². The van der Waals surface area contributed by atoms with Gasteiger partial charge < -0.3 is 0 Å². The Hall–Kier alpha value is -1.14.